The van der Waals surface area contributed by atoms with Gasteiger partial charge in [0.15, 0.2) is 0 Å². The first-order chi connectivity index (χ1) is 17.0. The average molecular weight is 590 g/mol. The standard InChI is InChI=1S/C27H31IN2O5/c28-21-8-4-5-9-23(21)35-24-16-20(27(34)29-12-13-31)15-22(26(24)33)30(17-19-10-11-19)25(32)14-18-6-2-1-3-7-18/h1-9,16,19,22,24,26,31,33H,10-15,17H2,(H,29,34)/t22-,24+,26+/m1/s1. The molecule has 0 aliphatic heterocycles. The zero-order valence-corrected chi connectivity index (χ0v) is 21.6. The lowest BCUT2D eigenvalue weighted by atomic mass is 9.87. The van der Waals surface area contributed by atoms with Gasteiger partial charge in [-0.2, -0.15) is 0 Å². The number of para-hydroxylation sites is 1. The van der Waals surface area contributed by atoms with Crippen LogP contribution in [0.25, 0.3) is 0 Å². The van der Waals surface area contributed by atoms with E-state index in [0.29, 0.717) is 23.8 Å². The Labute approximate surface area is 219 Å². The molecule has 0 spiro atoms. The van der Waals surface area contributed by atoms with Crippen LogP contribution in [-0.4, -0.2) is 64.9 Å². The summed E-state index contributed by atoms with van der Waals surface area (Å²) < 4.78 is 7.06. The molecule has 0 saturated heterocycles. The summed E-state index contributed by atoms with van der Waals surface area (Å²) in [5, 5.41) is 23.3. The number of nitrogens with one attached hydrogen (secondary N) is 1. The molecule has 0 unspecified atom stereocenters. The predicted octanol–water partition coefficient (Wildman–Crippen LogP) is 2.69. The number of aliphatic hydroxyl groups excluding tert-OH is 2. The summed E-state index contributed by atoms with van der Waals surface area (Å²) in [7, 11) is 0. The van der Waals surface area contributed by atoms with Crippen molar-refractivity contribution >= 4 is 34.4 Å². The largest absolute Gasteiger partial charge is 0.482 e. The van der Waals surface area contributed by atoms with Crippen molar-refractivity contribution in [2.24, 2.45) is 5.92 Å². The third kappa shape index (κ3) is 6.83. The van der Waals surface area contributed by atoms with Crippen LogP contribution in [0.15, 0.2) is 66.2 Å². The Morgan fingerprint density at radius 1 is 1.09 bits per heavy atom. The normalized spacial score (nSPS) is 21.7. The van der Waals surface area contributed by atoms with Gasteiger partial charge in [0.25, 0.3) is 0 Å². The summed E-state index contributed by atoms with van der Waals surface area (Å²) in [5.41, 5.74) is 1.35. The molecule has 3 N–H and O–H groups in total. The minimum absolute atomic E-state index is 0.0720. The fourth-order valence-electron chi connectivity index (χ4n) is 4.34. The zero-order chi connectivity index (χ0) is 24.8. The van der Waals surface area contributed by atoms with Crippen molar-refractivity contribution in [3.63, 3.8) is 0 Å². The van der Waals surface area contributed by atoms with Gasteiger partial charge in [0, 0.05) is 25.1 Å². The number of ether oxygens (including phenoxy) is 1. The highest BCUT2D eigenvalue weighted by Gasteiger charge is 2.42. The molecule has 2 aromatic carbocycles. The highest BCUT2D eigenvalue weighted by molar-refractivity contribution is 14.1. The van der Waals surface area contributed by atoms with Gasteiger partial charge in [0.1, 0.15) is 18.0 Å². The van der Waals surface area contributed by atoms with Crippen molar-refractivity contribution in [2.45, 2.75) is 43.9 Å². The number of carbonyl (C=O) groups excluding carboxylic acids is 2. The van der Waals surface area contributed by atoms with Gasteiger partial charge in [-0.25, -0.2) is 0 Å². The number of hydrogen-bond acceptors (Lipinski definition) is 5. The number of halogens is 1. The summed E-state index contributed by atoms with van der Waals surface area (Å²) >= 11 is 2.17. The summed E-state index contributed by atoms with van der Waals surface area (Å²) in [5.74, 6) is 0.619. The third-order valence-electron chi connectivity index (χ3n) is 6.38. The summed E-state index contributed by atoms with van der Waals surface area (Å²) in [6, 6.07) is 16.4. The quantitative estimate of drug-likeness (QED) is 0.370. The van der Waals surface area contributed by atoms with Crippen LogP contribution in [0.2, 0.25) is 0 Å². The minimum Gasteiger partial charge on any atom is -0.482 e. The maximum atomic E-state index is 13.5. The highest BCUT2D eigenvalue weighted by atomic mass is 127. The summed E-state index contributed by atoms with van der Waals surface area (Å²) in [6.45, 7) is 0.509. The second kappa shape index (κ2) is 12.0. The van der Waals surface area contributed by atoms with Crippen LogP contribution in [0.5, 0.6) is 5.75 Å². The van der Waals surface area contributed by atoms with Gasteiger partial charge in [-0.15, -0.1) is 0 Å². The molecule has 0 heterocycles. The number of amides is 2. The van der Waals surface area contributed by atoms with Crippen molar-refractivity contribution < 1.29 is 24.5 Å². The van der Waals surface area contributed by atoms with E-state index in [1.54, 1.807) is 11.0 Å². The number of aliphatic hydroxyl groups is 2. The number of rotatable bonds is 10. The SMILES string of the molecule is O=C(NCCO)C1=C[C@H](Oc2ccccc2I)[C@@H](O)[C@H](N(CC2CC2)C(=O)Cc2ccccc2)C1. The lowest BCUT2D eigenvalue weighted by Crippen LogP contribution is -2.56. The number of carbonyl (C=O) groups is 2. The minimum atomic E-state index is -1.00. The van der Waals surface area contributed by atoms with Crippen LogP contribution in [0.1, 0.15) is 24.8 Å². The third-order valence-corrected chi connectivity index (χ3v) is 7.28. The molecule has 1 saturated carbocycles. The molecule has 1 fully saturated rings. The monoisotopic (exact) mass is 590 g/mol. The van der Waals surface area contributed by atoms with Crippen molar-refractivity contribution in [1.29, 1.82) is 0 Å². The zero-order valence-electron chi connectivity index (χ0n) is 19.5. The van der Waals surface area contributed by atoms with Crippen LogP contribution in [0.3, 0.4) is 0 Å². The Kier molecular flexibility index (Phi) is 8.80. The van der Waals surface area contributed by atoms with Gasteiger partial charge in [-0.1, -0.05) is 42.5 Å². The smallest absolute Gasteiger partial charge is 0.247 e. The maximum Gasteiger partial charge on any atom is 0.247 e. The molecule has 3 atom stereocenters. The van der Waals surface area contributed by atoms with E-state index in [0.717, 1.165) is 22.0 Å². The first-order valence-electron chi connectivity index (χ1n) is 12.0. The molecule has 2 aromatic rings. The second-order valence-electron chi connectivity index (χ2n) is 9.10. The van der Waals surface area contributed by atoms with Gasteiger partial charge in [0.05, 0.1) is 22.6 Å². The van der Waals surface area contributed by atoms with E-state index >= 15 is 0 Å². The van der Waals surface area contributed by atoms with Crippen LogP contribution in [-0.2, 0) is 16.0 Å². The summed E-state index contributed by atoms with van der Waals surface area (Å²) in [4.78, 5) is 28.1. The molecule has 35 heavy (non-hydrogen) atoms. The molecule has 2 aliphatic carbocycles. The molecule has 0 bridgehead atoms. The average Bonchev–Trinajstić information content (AvgIpc) is 3.68. The Morgan fingerprint density at radius 3 is 2.49 bits per heavy atom. The Balaban J connectivity index is 1.62. The lowest BCUT2D eigenvalue weighted by molar-refractivity contribution is -0.138. The van der Waals surface area contributed by atoms with Crippen LogP contribution >= 0.6 is 22.6 Å². The predicted molar refractivity (Wildman–Crippen MR) is 141 cm³/mol. The molecule has 2 amide bonds. The fraction of sp³-hybridized carbons (Fsp3) is 0.407. The Morgan fingerprint density at radius 2 is 1.80 bits per heavy atom. The first-order valence-corrected chi connectivity index (χ1v) is 13.1. The first kappa shape index (κ1) is 25.7. The van der Waals surface area contributed by atoms with Gasteiger partial charge < -0.3 is 25.2 Å². The van der Waals surface area contributed by atoms with E-state index in [9.17, 15) is 14.7 Å². The molecule has 0 aromatic heterocycles. The van der Waals surface area contributed by atoms with Gasteiger partial charge in [-0.05, 0) is 65.1 Å². The van der Waals surface area contributed by atoms with E-state index in [2.05, 4.69) is 27.9 Å². The molecule has 2 aliphatic rings. The van der Waals surface area contributed by atoms with Gasteiger partial charge in [0.2, 0.25) is 11.8 Å². The molecular formula is C27H31IN2O5. The molecule has 4 rings (SSSR count). The van der Waals surface area contributed by atoms with Crippen molar-refractivity contribution in [1.82, 2.24) is 10.2 Å². The molecular weight excluding hydrogens is 559 g/mol. The fourth-order valence-corrected chi connectivity index (χ4v) is 4.85. The Hall–Kier alpha value is -2.43. The molecule has 7 nitrogen and oxygen atoms in total. The van der Waals surface area contributed by atoms with E-state index in [1.807, 2.05) is 54.6 Å². The van der Waals surface area contributed by atoms with Gasteiger partial charge in [-0.3, -0.25) is 9.59 Å². The van der Waals surface area contributed by atoms with Crippen LogP contribution in [0.4, 0.5) is 0 Å². The molecule has 186 valence electrons. The summed E-state index contributed by atoms with van der Waals surface area (Å²) in [6.07, 6.45) is 2.41. The van der Waals surface area contributed by atoms with Crippen molar-refractivity contribution in [2.75, 3.05) is 19.7 Å². The van der Waals surface area contributed by atoms with E-state index < -0.39 is 18.2 Å². The van der Waals surface area contributed by atoms with Crippen molar-refractivity contribution in [3.05, 3.63) is 75.4 Å². The van der Waals surface area contributed by atoms with Crippen molar-refractivity contribution in [3.8, 4) is 5.75 Å². The number of hydrogen-bond donors (Lipinski definition) is 3. The van der Waals surface area contributed by atoms with Gasteiger partial charge >= 0.3 is 0 Å². The highest BCUT2D eigenvalue weighted by Crippen LogP contribution is 2.34. The molecule has 8 heteroatoms. The van der Waals surface area contributed by atoms with E-state index in [1.165, 1.54) is 0 Å². The number of nitrogens with zero attached hydrogens (tertiary/aromatic N) is 1. The number of benzene rings is 2. The second-order valence-corrected chi connectivity index (χ2v) is 10.3. The van der Waals surface area contributed by atoms with E-state index in [4.69, 9.17) is 9.84 Å². The lowest BCUT2D eigenvalue weighted by Gasteiger charge is -2.40. The van der Waals surface area contributed by atoms with Crippen LogP contribution in [0, 0.1) is 9.49 Å². The van der Waals surface area contributed by atoms with Crippen LogP contribution < -0.4 is 10.1 Å². The maximum absolute atomic E-state index is 13.5. The molecule has 0 radical (unpaired) electrons. The Bertz CT molecular complexity index is 1060. The van der Waals surface area contributed by atoms with E-state index in [-0.39, 0.29) is 37.8 Å². The topological polar surface area (TPSA) is 99.1 Å².